The molecule has 0 bridgehead atoms. The first-order chi connectivity index (χ1) is 12.4. The highest BCUT2D eigenvalue weighted by molar-refractivity contribution is 5.99. The second-order valence-electron chi connectivity index (χ2n) is 8.25. The van der Waals surface area contributed by atoms with Crippen molar-refractivity contribution in [1.82, 2.24) is 0 Å². The van der Waals surface area contributed by atoms with E-state index in [1.54, 1.807) is 0 Å². The van der Waals surface area contributed by atoms with E-state index in [0.29, 0.717) is 0 Å². The van der Waals surface area contributed by atoms with Crippen LogP contribution in [0.4, 0.5) is 0 Å². The summed E-state index contributed by atoms with van der Waals surface area (Å²) in [5.74, 6) is 0. The molecule has 0 saturated carbocycles. The molecule has 0 aliphatic heterocycles. The second kappa shape index (κ2) is 5.95. The zero-order valence-electron chi connectivity index (χ0n) is 16.3. The molecule has 0 saturated heterocycles. The number of rotatable bonds is 1. The number of hydrogen-bond donors (Lipinski definition) is 0. The van der Waals surface area contributed by atoms with Gasteiger partial charge in [0.1, 0.15) is 7.05 Å². The maximum atomic E-state index is 2.42. The molecule has 1 heterocycles. The Balaban J connectivity index is 2.18. The lowest BCUT2D eigenvalue weighted by molar-refractivity contribution is -0.659. The molecule has 0 spiro atoms. The SMILES string of the molecule is Cc1c(-c2c3ccccc3cc[n+]2C)cc(C(C)(C)C)c2ccccc12. The molecule has 0 atom stereocenters. The molecule has 1 heteroatoms. The molecule has 26 heavy (non-hydrogen) atoms. The summed E-state index contributed by atoms with van der Waals surface area (Å²) < 4.78 is 2.26. The second-order valence-corrected chi connectivity index (χ2v) is 8.25. The predicted octanol–water partition coefficient (Wildman–Crippen LogP) is 6.09. The fraction of sp³-hybridized carbons (Fsp3) is 0.240. The van der Waals surface area contributed by atoms with Crippen LogP contribution in [0, 0.1) is 6.92 Å². The van der Waals surface area contributed by atoms with Gasteiger partial charge in [-0.05, 0) is 51.8 Å². The summed E-state index contributed by atoms with van der Waals surface area (Å²) in [6, 6.07) is 22.1. The Kier molecular flexibility index (Phi) is 3.84. The van der Waals surface area contributed by atoms with Crippen LogP contribution in [0.1, 0.15) is 31.9 Å². The molecular formula is C25H26N+. The summed E-state index contributed by atoms with van der Waals surface area (Å²) in [6.45, 7) is 9.16. The van der Waals surface area contributed by atoms with Crippen molar-refractivity contribution in [3.63, 3.8) is 0 Å². The van der Waals surface area contributed by atoms with Crippen LogP contribution in [0.2, 0.25) is 0 Å². The number of nitrogens with zero attached hydrogens (tertiary/aromatic N) is 1. The zero-order valence-corrected chi connectivity index (χ0v) is 16.3. The normalized spacial score (nSPS) is 12.0. The van der Waals surface area contributed by atoms with Crippen molar-refractivity contribution in [2.24, 2.45) is 7.05 Å². The van der Waals surface area contributed by atoms with E-state index in [0.717, 1.165) is 0 Å². The van der Waals surface area contributed by atoms with Gasteiger partial charge in [0.05, 0.1) is 10.9 Å². The number of fused-ring (bicyclic) bond motifs is 2. The Bertz CT molecular complexity index is 1130. The van der Waals surface area contributed by atoms with Gasteiger partial charge in [-0.15, -0.1) is 0 Å². The molecule has 0 N–H and O–H groups in total. The molecule has 4 aromatic rings. The highest BCUT2D eigenvalue weighted by atomic mass is 14.9. The van der Waals surface area contributed by atoms with Crippen molar-refractivity contribution in [3.05, 3.63) is 78.0 Å². The maximum absolute atomic E-state index is 2.42. The summed E-state index contributed by atoms with van der Waals surface area (Å²) in [4.78, 5) is 0. The van der Waals surface area contributed by atoms with Gasteiger partial charge in [-0.2, -0.15) is 0 Å². The van der Waals surface area contributed by atoms with Crippen LogP contribution >= 0.6 is 0 Å². The molecule has 1 nitrogen and oxygen atoms in total. The molecule has 0 radical (unpaired) electrons. The molecule has 0 unspecified atom stereocenters. The smallest absolute Gasteiger partial charge is 0.200 e. The van der Waals surface area contributed by atoms with Crippen LogP contribution in [0.15, 0.2) is 66.9 Å². The zero-order chi connectivity index (χ0) is 18.5. The highest BCUT2D eigenvalue weighted by Crippen LogP contribution is 2.38. The fourth-order valence-corrected chi connectivity index (χ4v) is 4.04. The average molecular weight is 340 g/mol. The number of aromatic nitrogens is 1. The minimum absolute atomic E-state index is 0.0885. The largest absolute Gasteiger partial charge is 0.220 e. The summed E-state index contributed by atoms with van der Waals surface area (Å²) in [5.41, 5.74) is 5.46. The minimum Gasteiger partial charge on any atom is -0.200 e. The molecule has 130 valence electrons. The first kappa shape index (κ1) is 16.8. The van der Waals surface area contributed by atoms with E-state index < -0.39 is 0 Å². The number of pyridine rings is 1. The van der Waals surface area contributed by atoms with E-state index in [9.17, 15) is 0 Å². The minimum atomic E-state index is 0.0885. The van der Waals surface area contributed by atoms with E-state index in [4.69, 9.17) is 0 Å². The van der Waals surface area contributed by atoms with E-state index in [-0.39, 0.29) is 5.41 Å². The standard InChI is InChI=1S/C25H26N/c1-17-19-11-8-9-13-21(19)23(25(2,3)4)16-22(17)24-20-12-7-6-10-18(20)14-15-26(24)5/h6-16H,1-5H3/q+1. The molecule has 1 aromatic heterocycles. The van der Waals surface area contributed by atoms with Gasteiger partial charge in [0.15, 0.2) is 6.20 Å². The Morgan fingerprint density at radius 1 is 0.769 bits per heavy atom. The van der Waals surface area contributed by atoms with E-state index >= 15 is 0 Å². The number of aryl methyl sites for hydroxylation is 2. The summed E-state index contributed by atoms with van der Waals surface area (Å²) >= 11 is 0. The first-order valence-electron chi connectivity index (χ1n) is 9.28. The highest BCUT2D eigenvalue weighted by Gasteiger charge is 2.24. The molecule has 0 fully saturated rings. The molecule has 3 aromatic carbocycles. The van der Waals surface area contributed by atoms with Crippen LogP contribution in [0.3, 0.4) is 0 Å². The molecule has 4 rings (SSSR count). The van der Waals surface area contributed by atoms with Gasteiger partial charge in [-0.1, -0.05) is 63.2 Å². The van der Waals surface area contributed by atoms with E-state index in [1.807, 2.05) is 0 Å². The predicted molar refractivity (Wildman–Crippen MR) is 112 cm³/mol. The Labute approximate surface area is 155 Å². The quantitative estimate of drug-likeness (QED) is 0.369. The topological polar surface area (TPSA) is 3.88 Å². The lowest BCUT2D eigenvalue weighted by atomic mass is 9.80. The van der Waals surface area contributed by atoms with Crippen molar-refractivity contribution >= 4 is 21.5 Å². The van der Waals surface area contributed by atoms with Gasteiger partial charge in [-0.25, -0.2) is 4.57 Å². The van der Waals surface area contributed by atoms with Gasteiger partial charge in [-0.3, -0.25) is 0 Å². The maximum Gasteiger partial charge on any atom is 0.220 e. The van der Waals surface area contributed by atoms with E-state index in [1.165, 1.54) is 43.9 Å². The Morgan fingerprint density at radius 2 is 1.38 bits per heavy atom. The first-order valence-corrected chi connectivity index (χ1v) is 9.28. The number of benzene rings is 3. The van der Waals surface area contributed by atoms with Crippen LogP contribution in [0.25, 0.3) is 32.8 Å². The lowest BCUT2D eigenvalue weighted by Crippen LogP contribution is -2.31. The van der Waals surface area contributed by atoms with Gasteiger partial charge < -0.3 is 0 Å². The molecule has 0 aliphatic carbocycles. The van der Waals surface area contributed by atoms with Crippen molar-refractivity contribution < 1.29 is 4.57 Å². The van der Waals surface area contributed by atoms with Crippen molar-refractivity contribution in [2.45, 2.75) is 33.1 Å². The van der Waals surface area contributed by atoms with Crippen molar-refractivity contribution in [3.8, 4) is 11.3 Å². The summed E-state index contributed by atoms with van der Waals surface area (Å²) in [6.07, 6.45) is 2.17. The average Bonchev–Trinajstić information content (AvgIpc) is 2.62. The third kappa shape index (κ3) is 2.59. The third-order valence-corrected chi connectivity index (χ3v) is 5.42. The van der Waals surface area contributed by atoms with Crippen LogP contribution in [-0.4, -0.2) is 0 Å². The molecular weight excluding hydrogens is 314 g/mol. The lowest BCUT2D eigenvalue weighted by Gasteiger charge is -2.24. The summed E-state index contributed by atoms with van der Waals surface area (Å²) in [7, 11) is 2.15. The van der Waals surface area contributed by atoms with Gasteiger partial charge in [0, 0.05) is 6.07 Å². The monoisotopic (exact) mass is 340 g/mol. The Hall–Kier alpha value is -2.67. The van der Waals surface area contributed by atoms with Crippen LogP contribution in [-0.2, 0) is 12.5 Å². The number of hydrogen-bond acceptors (Lipinski definition) is 0. The van der Waals surface area contributed by atoms with Crippen molar-refractivity contribution in [2.75, 3.05) is 0 Å². The van der Waals surface area contributed by atoms with Gasteiger partial charge >= 0.3 is 0 Å². The summed E-state index contributed by atoms with van der Waals surface area (Å²) in [5, 5.41) is 5.30. The molecule has 0 aliphatic rings. The fourth-order valence-electron chi connectivity index (χ4n) is 4.04. The van der Waals surface area contributed by atoms with Gasteiger partial charge in [0.2, 0.25) is 5.69 Å². The van der Waals surface area contributed by atoms with Crippen molar-refractivity contribution in [1.29, 1.82) is 0 Å². The van der Waals surface area contributed by atoms with Crippen LogP contribution < -0.4 is 4.57 Å². The Morgan fingerprint density at radius 3 is 2.08 bits per heavy atom. The van der Waals surface area contributed by atoms with Crippen LogP contribution in [0.5, 0.6) is 0 Å². The molecule has 0 amide bonds. The van der Waals surface area contributed by atoms with E-state index in [2.05, 4.69) is 106 Å². The van der Waals surface area contributed by atoms with Gasteiger partial charge in [0.25, 0.3) is 0 Å². The third-order valence-electron chi connectivity index (χ3n) is 5.42.